The van der Waals surface area contributed by atoms with E-state index in [1.165, 1.54) is 35.5 Å². The van der Waals surface area contributed by atoms with Gasteiger partial charge >= 0.3 is 5.97 Å². The number of hydrogen-bond donors (Lipinski definition) is 0. The van der Waals surface area contributed by atoms with Gasteiger partial charge in [-0.2, -0.15) is 4.31 Å². The number of aryl methyl sites for hydroxylation is 1. The molecule has 0 aliphatic rings. The molecule has 28 heavy (non-hydrogen) atoms. The fourth-order valence-corrected chi connectivity index (χ4v) is 4.17. The molecular weight excluding hydrogens is 378 g/mol. The van der Waals surface area contributed by atoms with E-state index >= 15 is 0 Å². The van der Waals surface area contributed by atoms with E-state index < -0.39 is 22.1 Å². The minimum Gasteiger partial charge on any atom is -0.451 e. The average Bonchev–Trinajstić information content (AvgIpc) is 2.68. The van der Waals surface area contributed by atoms with Crippen LogP contribution in [0.1, 0.15) is 47.1 Å². The summed E-state index contributed by atoms with van der Waals surface area (Å²) in [6.45, 7) is 7.68. The number of ether oxygens (including phenoxy) is 1. The van der Waals surface area contributed by atoms with Crippen molar-refractivity contribution in [3.05, 3.63) is 65.2 Å². The van der Waals surface area contributed by atoms with Gasteiger partial charge in [0.1, 0.15) is 0 Å². The summed E-state index contributed by atoms with van der Waals surface area (Å²) >= 11 is 0. The van der Waals surface area contributed by atoms with Crippen LogP contribution in [0.15, 0.2) is 53.4 Å². The maximum absolute atomic E-state index is 12.5. The Bertz CT molecular complexity index is 930. The fourth-order valence-electron chi connectivity index (χ4n) is 2.71. The number of Topliss-reactive ketones (excluding diaryl/α,β-unsaturated/α-hetero) is 1. The van der Waals surface area contributed by atoms with Crippen LogP contribution in [0.5, 0.6) is 0 Å². The Kier molecular flexibility index (Phi) is 7.10. The van der Waals surface area contributed by atoms with Crippen LogP contribution in [0.25, 0.3) is 0 Å². The van der Waals surface area contributed by atoms with Gasteiger partial charge in [0.05, 0.1) is 10.5 Å². The zero-order valence-electron chi connectivity index (χ0n) is 16.5. The highest BCUT2D eigenvalue weighted by molar-refractivity contribution is 7.89. The summed E-state index contributed by atoms with van der Waals surface area (Å²) in [6.07, 6.45) is -0.950. The van der Waals surface area contributed by atoms with E-state index in [1.807, 2.05) is 19.1 Å². The number of rotatable bonds is 8. The molecule has 0 spiro atoms. The lowest BCUT2D eigenvalue weighted by atomic mass is 10.1. The van der Waals surface area contributed by atoms with E-state index in [2.05, 4.69) is 0 Å². The smallest absolute Gasteiger partial charge is 0.338 e. The van der Waals surface area contributed by atoms with Crippen molar-refractivity contribution in [2.75, 3.05) is 13.1 Å². The first-order chi connectivity index (χ1) is 13.2. The zero-order valence-corrected chi connectivity index (χ0v) is 17.3. The zero-order chi connectivity index (χ0) is 20.9. The minimum absolute atomic E-state index is 0.108. The molecule has 0 radical (unpaired) electrons. The van der Waals surface area contributed by atoms with Crippen molar-refractivity contribution in [2.45, 2.75) is 38.7 Å². The van der Waals surface area contributed by atoms with Gasteiger partial charge < -0.3 is 4.74 Å². The second-order valence-corrected chi connectivity index (χ2v) is 8.33. The third-order valence-electron chi connectivity index (χ3n) is 4.42. The molecule has 2 rings (SSSR count). The highest BCUT2D eigenvalue weighted by atomic mass is 32.2. The van der Waals surface area contributed by atoms with Gasteiger partial charge in [-0.05, 0) is 38.1 Å². The Morgan fingerprint density at radius 1 is 0.929 bits per heavy atom. The monoisotopic (exact) mass is 403 g/mol. The highest BCUT2D eigenvalue weighted by Gasteiger charge is 2.23. The molecule has 0 aliphatic carbocycles. The molecular formula is C21H25NO5S. The first kappa shape index (κ1) is 21.8. The van der Waals surface area contributed by atoms with E-state index in [1.54, 1.807) is 26.0 Å². The van der Waals surface area contributed by atoms with Gasteiger partial charge in [0.2, 0.25) is 15.8 Å². The Hall–Kier alpha value is -2.51. The summed E-state index contributed by atoms with van der Waals surface area (Å²) in [7, 11) is -3.59. The van der Waals surface area contributed by atoms with Gasteiger partial charge in [0.15, 0.2) is 6.10 Å². The maximum atomic E-state index is 12.5. The average molecular weight is 404 g/mol. The molecule has 0 bridgehead atoms. The van der Waals surface area contributed by atoms with Crippen LogP contribution >= 0.6 is 0 Å². The number of sulfonamides is 1. The van der Waals surface area contributed by atoms with Crippen LogP contribution in [0.2, 0.25) is 0 Å². The number of benzene rings is 2. The van der Waals surface area contributed by atoms with Gasteiger partial charge in [0, 0.05) is 18.7 Å². The predicted octanol–water partition coefficient (Wildman–Crippen LogP) is 3.45. The number of carbonyl (C=O) groups excluding carboxylic acids is 2. The van der Waals surface area contributed by atoms with Gasteiger partial charge in [-0.15, -0.1) is 0 Å². The lowest BCUT2D eigenvalue weighted by Crippen LogP contribution is -2.30. The Balaban J connectivity index is 2.10. The molecule has 150 valence electrons. The van der Waals surface area contributed by atoms with E-state index in [9.17, 15) is 18.0 Å². The van der Waals surface area contributed by atoms with Crippen LogP contribution in [0, 0.1) is 6.92 Å². The van der Waals surface area contributed by atoms with Crippen molar-refractivity contribution < 1.29 is 22.7 Å². The molecule has 0 heterocycles. The third kappa shape index (κ3) is 4.85. The minimum atomic E-state index is -3.59. The van der Waals surface area contributed by atoms with Gasteiger partial charge in [0.25, 0.3) is 0 Å². The van der Waals surface area contributed by atoms with Crippen LogP contribution in [0.4, 0.5) is 0 Å². The molecule has 1 atom stereocenters. The topological polar surface area (TPSA) is 80.8 Å². The number of nitrogens with zero attached hydrogens (tertiary/aromatic N) is 1. The lowest BCUT2D eigenvalue weighted by molar-refractivity contribution is 0.0318. The van der Waals surface area contributed by atoms with E-state index in [0.29, 0.717) is 18.7 Å². The molecule has 2 aromatic rings. The van der Waals surface area contributed by atoms with Gasteiger partial charge in [-0.25, -0.2) is 13.2 Å². The molecule has 0 amide bonds. The Morgan fingerprint density at radius 3 is 1.93 bits per heavy atom. The maximum Gasteiger partial charge on any atom is 0.338 e. The number of esters is 1. The molecule has 0 N–H and O–H groups in total. The van der Waals surface area contributed by atoms with Crippen molar-refractivity contribution in [1.82, 2.24) is 4.31 Å². The first-order valence-corrected chi connectivity index (χ1v) is 10.6. The molecule has 0 fully saturated rings. The third-order valence-corrected chi connectivity index (χ3v) is 6.49. The van der Waals surface area contributed by atoms with E-state index in [-0.39, 0.29) is 16.2 Å². The molecule has 0 unspecified atom stereocenters. The number of ketones is 1. The predicted molar refractivity (Wildman–Crippen MR) is 107 cm³/mol. The quantitative estimate of drug-likeness (QED) is 0.498. The molecule has 0 aromatic heterocycles. The van der Waals surface area contributed by atoms with Crippen LogP contribution in [0.3, 0.4) is 0 Å². The standard InChI is InChI=1S/C21H25NO5S/c1-5-22(6-2)28(25,26)19-13-11-18(12-14-19)21(24)27-16(4)20(23)17-9-7-15(3)8-10-17/h7-14,16H,5-6H2,1-4H3/t16-/m0/s1. The van der Waals surface area contributed by atoms with E-state index in [4.69, 9.17) is 4.74 Å². The number of hydrogen-bond acceptors (Lipinski definition) is 5. The fraction of sp³-hybridized carbons (Fsp3) is 0.333. The van der Waals surface area contributed by atoms with Crippen molar-refractivity contribution >= 4 is 21.8 Å². The van der Waals surface area contributed by atoms with Crippen LogP contribution < -0.4 is 0 Å². The van der Waals surface area contributed by atoms with Crippen LogP contribution in [-0.4, -0.2) is 43.7 Å². The molecule has 0 saturated carbocycles. The van der Waals surface area contributed by atoms with Crippen molar-refractivity contribution in [3.8, 4) is 0 Å². The Morgan fingerprint density at radius 2 is 1.43 bits per heavy atom. The summed E-state index contributed by atoms with van der Waals surface area (Å²) in [5, 5.41) is 0. The molecule has 7 heteroatoms. The SMILES string of the molecule is CCN(CC)S(=O)(=O)c1ccc(C(=O)O[C@@H](C)C(=O)c2ccc(C)cc2)cc1. The first-order valence-electron chi connectivity index (χ1n) is 9.12. The molecule has 2 aromatic carbocycles. The van der Waals surface area contributed by atoms with Crippen LogP contribution in [-0.2, 0) is 14.8 Å². The van der Waals surface area contributed by atoms with Crippen molar-refractivity contribution in [3.63, 3.8) is 0 Å². The van der Waals surface area contributed by atoms with Crippen molar-refractivity contribution in [2.24, 2.45) is 0 Å². The normalized spacial score (nSPS) is 12.6. The largest absolute Gasteiger partial charge is 0.451 e. The molecule has 6 nitrogen and oxygen atoms in total. The summed E-state index contributed by atoms with van der Waals surface area (Å²) in [4.78, 5) is 24.8. The lowest BCUT2D eigenvalue weighted by Gasteiger charge is -2.18. The molecule has 0 saturated heterocycles. The van der Waals surface area contributed by atoms with Gasteiger partial charge in [-0.3, -0.25) is 4.79 Å². The summed E-state index contributed by atoms with van der Waals surface area (Å²) in [5.74, 6) is -0.978. The summed E-state index contributed by atoms with van der Waals surface area (Å²) in [5.41, 5.74) is 1.68. The number of carbonyl (C=O) groups is 2. The summed E-state index contributed by atoms with van der Waals surface area (Å²) in [6, 6.07) is 12.5. The second kappa shape index (κ2) is 9.12. The highest BCUT2D eigenvalue weighted by Crippen LogP contribution is 2.17. The second-order valence-electron chi connectivity index (χ2n) is 6.39. The Labute approximate surface area is 166 Å². The molecule has 0 aliphatic heterocycles. The van der Waals surface area contributed by atoms with E-state index in [0.717, 1.165) is 5.56 Å². The summed E-state index contributed by atoms with van der Waals surface area (Å²) < 4.78 is 31.6. The van der Waals surface area contributed by atoms with Gasteiger partial charge in [-0.1, -0.05) is 43.7 Å². The van der Waals surface area contributed by atoms with Crippen molar-refractivity contribution in [1.29, 1.82) is 0 Å².